The first-order valence-corrected chi connectivity index (χ1v) is 10.1. The summed E-state index contributed by atoms with van der Waals surface area (Å²) in [6, 6.07) is 23.7. The third-order valence-electron chi connectivity index (χ3n) is 4.56. The molecule has 2 heterocycles. The molecule has 0 unspecified atom stereocenters. The normalized spacial score (nSPS) is 10.5. The van der Waals surface area contributed by atoms with Crippen LogP contribution in [0.3, 0.4) is 0 Å². The molecule has 0 atom stereocenters. The Labute approximate surface area is 184 Å². The minimum atomic E-state index is -0.311. The fourth-order valence-electron chi connectivity index (χ4n) is 3.04. The van der Waals surface area contributed by atoms with Crippen molar-refractivity contribution in [1.82, 2.24) is 20.4 Å². The van der Waals surface area contributed by atoms with Gasteiger partial charge in [-0.15, -0.1) is 0 Å². The number of hydrogen-bond donors (Lipinski definition) is 2. The molecule has 2 aromatic carbocycles. The van der Waals surface area contributed by atoms with Crippen molar-refractivity contribution < 1.29 is 18.7 Å². The Hall–Kier alpha value is -4.33. The highest BCUT2D eigenvalue weighted by atomic mass is 16.5. The van der Waals surface area contributed by atoms with Gasteiger partial charge in [-0.25, -0.2) is 4.68 Å². The van der Waals surface area contributed by atoms with Gasteiger partial charge in [-0.05, 0) is 36.4 Å². The zero-order valence-electron chi connectivity index (χ0n) is 17.2. The van der Waals surface area contributed by atoms with Gasteiger partial charge in [0.05, 0.1) is 12.0 Å². The first-order valence-electron chi connectivity index (χ1n) is 10.1. The molecule has 4 rings (SSSR count). The van der Waals surface area contributed by atoms with E-state index in [-0.39, 0.29) is 31.5 Å². The second kappa shape index (κ2) is 10.1. The number of benzene rings is 2. The van der Waals surface area contributed by atoms with Gasteiger partial charge in [0.15, 0.2) is 12.4 Å². The van der Waals surface area contributed by atoms with Gasteiger partial charge in [0.1, 0.15) is 17.1 Å². The molecule has 0 bridgehead atoms. The van der Waals surface area contributed by atoms with E-state index in [1.54, 1.807) is 41.3 Å². The molecule has 0 radical (unpaired) electrons. The maximum atomic E-state index is 12.8. The van der Waals surface area contributed by atoms with Crippen LogP contribution in [0.2, 0.25) is 0 Å². The summed E-state index contributed by atoms with van der Waals surface area (Å²) < 4.78 is 12.4. The molecule has 4 aromatic rings. The smallest absolute Gasteiger partial charge is 0.270 e. The minimum Gasteiger partial charge on any atom is -0.484 e. The van der Waals surface area contributed by atoms with Crippen LogP contribution in [-0.2, 0) is 4.79 Å². The lowest BCUT2D eigenvalue weighted by molar-refractivity contribution is -0.123. The van der Waals surface area contributed by atoms with Crippen molar-refractivity contribution in [3.05, 3.63) is 90.8 Å². The number of aromatic nitrogens is 2. The van der Waals surface area contributed by atoms with E-state index in [0.29, 0.717) is 22.9 Å². The van der Waals surface area contributed by atoms with Crippen LogP contribution in [0.15, 0.2) is 89.5 Å². The maximum Gasteiger partial charge on any atom is 0.270 e. The Morgan fingerprint density at radius 1 is 0.906 bits per heavy atom. The molecule has 0 spiro atoms. The average Bonchev–Trinajstić information content (AvgIpc) is 3.52. The van der Waals surface area contributed by atoms with Gasteiger partial charge in [-0.1, -0.05) is 36.4 Å². The van der Waals surface area contributed by atoms with Crippen LogP contribution >= 0.6 is 0 Å². The second-order valence-corrected chi connectivity index (χ2v) is 6.85. The molecule has 2 N–H and O–H groups in total. The van der Waals surface area contributed by atoms with Crippen molar-refractivity contribution in [3.8, 4) is 22.9 Å². The highest BCUT2D eigenvalue weighted by Crippen LogP contribution is 2.22. The maximum absolute atomic E-state index is 12.8. The number of furan rings is 1. The third-order valence-corrected chi connectivity index (χ3v) is 4.56. The molecule has 8 heteroatoms. The Morgan fingerprint density at radius 2 is 1.62 bits per heavy atom. The number of amides is 2. The van der Waals surface area contributed by atoms with Crippen LogP contribution < -0.4 is 15.4 Å². The van der Waals surface area contributed by atoms with E-state index < -0.39 is 0 Å². The number of nitrogens with zero attached hydrogens (tertiary/aromatic N) is 2. The van der Waals surface area contributed by atoms with E-state index in [9.17, 15) is 9.59 Å². The molecule has 2 amide bonds. The largest absolute Gasteiger partial charge is 0.484 e. The van der Waals surface area contributed by atoms with E-state index in [0.717, 1.165) is 5.69 Å². The van der Waals surface area contributed by atoms with Gasteiger partial charge >= 0.3 is 0 Å². The van der Waals surface area contributed by atoms with Crippen molar-refractivity contribution in [3.63, 3.8) is 0 Å². The number of para-hydroxylation sites is 2. The van der Waals surface area contributed by atoms with E-state index >= 15 is 0 Å². The summed E-state index contributed by atoms with van der Waals surface area (Å²) in [5.41, 5.74) is 1.67. The van der Waals surface area contributed by atoms with Gasteiger partial charge in [0.2, 0.25) is 0 Å². The first kappa shape index (κ1) is 20.9. The van der Waals surface area contributed by atoms with Crippen LogP contribution in [0.5, 0.6) is 5.75 Å². The summed E-state index contributed by atoms with van der Waals surface area (Å²) >= 11 is 0. The SMILES string of the molecule is O=C(COc1ccccc1)NCCNC(=O)c1cc(-c2ccco2)nn1-c1ccccc1. The van der Waals surface area contributed by atoms with Crippen molar-refractivity contribution in [1.29, 1.82) is 0 Å². The molecule has 32 heavy (non-hydrogen) atoms. The number of rotatable bonds is 9. The highest BCUT2D eigenvalue weighted by molar-refractivity contribution is 5.94. The van der Waals surface area contributed by atoms with Gasteiger partial charge in [0.25, 0.3) is 11.8 Å². The van der Waals surface area contributed by atoms with E-state index in [4.69, 9.17) is 9.15 Å². The fourth-order valence-corrected chi connectivity index (χ4v) is 3.04. The summed E-state index contributed by atoms with van der Waals surface area (Å²) in [7, 11) is 0. The highest BCUT2D eigenvalue weighted by Gasteiger charge is 2.18. The molecule has 0 aliphatic heterocycles. The number of nitrogens with one attached hydrogen (secondary N) is 2. The Morgan fingerprint density at radius 3 is 2.34 bits per heavy atom. The van der Waals surface area contributed by atoms with Crippen LogP contribution in [0.25, 0.3) is 17.1 Å². The topological polar surface area (TPSA) is 98.4 Å². The molecule has 0 saturated heterocycles. The summed E-state index contributed by atoms with van der Waals surface area (Å²) in [5, 5.41) is 10.1. The van der Waals surface area contributed by atoms with Gasteiger partial charge in [-0.3, -0.25) is 9.59 Å². The zero-order chi connectivity index (χ0) is 22.2. The van der Waals surface area contributed by atoms with E-state index in [2.05, 4.69) is 15.7 Å². The molecular weight excluding hydrogens is 408 g/mol. The standard InChI is InChI=1S/C24H22N4O4/c29-23(17-32-19-10-5-2-6-11-19)25-13-14-26-24(30)21-16-20(22-12-7-15-31-22)27-28(21)18-8-3-1-4-9-18/h1-12,15-16H,13-14,17H2,(H,25,29)(H,26,30). The lowest BCUT2D eigenvalue weighted by Crippen LogP contribution is -2.37. The van der Waals surface area contributed by atoms with Gasteiger partial charge in [-0.2, -0.15) is 5.10 Å². The van der Waals surface area contributed by atoms with E-state index in [1.807, 2.05) is 48.5 Å². The lowest BCUT2D eigenvalue weighted by Gasteiger charge is -2.10. The number of hydrogen-bond acceptors (Lipinski definition) is 5. The molecule has 0 aliphatic rings. The molecule has 162 valence electrons. The van der Waals surface area contributed by atoms with Crippen molar-refractivity contribution in [2.75, 3.05) is 19.7 Å². The van der Waals surface area contributed by atoms with E-state index in [1.165, 1.54) is 0 Å². The Bertz CT molecular complexity index is 1160. The predicted molar refractivity (Wildman–Crippen MR) is 119 cm³/mol. The summed E-state index contributed by atoms with van der Waals surface area (Å²) in [5.74, 6) is 0.614. The first-order chi connectivity index (χ1) is 15.7. The summed E-state index contributed by atoms with van der Waals surface area (Å²) in [4.78, 5) is 24.8. The average molecular weight is 430 g/mol. The molecule has 2 aromatic heterocycles. The van der Waals surface area contributed by atoms with Crippen LogP contribution in [-0.4, -0.2) is 41.3 Å². The van der Waals surface area contributed by atoms with Crippen molar-refractivity contribution in [2.24, 2.45) is 0 Å². The minimum absolute atomic E-state index is 0.0920. The van der Waals surface area contributed by atoms with Crippen molar-refractivity contribution >= 4 is 11.8 Å². The zero-order valence-corrected chi connectivity index (χ0v) is 17.2. The molecule has 0 fully saturated rings. The monoisotopic (exact) mass is 430 g/mol. The number of carbonyl (C=O) groups is 2. The second-order valence-electron chi connectivity index (χ2n) is 6.85. The Balaban J connectivity index is 1.34. The quantitative estimate of drug-likeness (QED) is 0.398. The van der Waals surface area contributed by atoms with Crippen molar-refractivity contribution in [2.45, 2.75) is 0 Å². The number of carbonyl (C=O) groups excluding carboxylic acids is 2. The fraction of sp³-hybridized carbons (Fsp3) is 0.125. The molecular formula is C24H22N4O4. The summed E-state index contributed by atoms with van der Waals surface area (Å²) in [6.45, 7) is 0.435. The molecule has 8 nitrogen and oxygen atoms in total. The van der Waals surface area contributed by atoms with Gasteiger partial charge in [0, 0.05) is 19.2 Å². The van der Waals surface area contributed by atoms with Crippen LogP contribution in [0.1, 0.15) is 10.5 Å². The summed E-state index contributed by atoms with van der Waals surface area (Å²) in [6.07, 6.45) is 1.56. The van der Waals surface area contributed by atoms with Crippen LogP contribution in [0, 0.1) is 0 Å². The lowest BCUT2D eigenvalue weighted by atomic mass is 10.2. The third kappa shape index (κ3) is 5.23. The van der Waals surface area contributed by atoms with Crippen LogP contribution in [0.4, 0.5) is 0 Å². The van der Waals surface area contributed by atoms with Gasteiger partial charge < -0.3 is 19.8 Å². The number of ether oxygens (including phenoxy) is 1. The molecule has 0 saturated carbocycles. The molecule has 0 aliphatic carbocycles. The predicted octanol–water partition coefficient (Wildman–Crippen LogP) is 3.06. The Kier molecular flexibility index (Phi) is 6.62.